The van der Waals surface area contributed by atoms with Crippen LogP contribution < -0.4 is 10.6 Å². The SMILES string of the molecule is CC(=O)Nc1ccc(C(=O)N2CC3(CCNCC3)C2)cc1. The third-order valence-electron chi connectivity index (χ3n) is 4.46. The topological polar surface area (TPSA) is 61.4 Å². The summed E-state index contributed by atoms with van der Waals surface area (Å²) in [5.41, 5.74) is 1.77. The maximum absolute atomic E-state index is 12.4. The van der Waals surface area contributed by atoms with Gasteiger partial charge in [0.25, 0.3) is 5.91 Å². The first kappa shape index (κ1) is 14.1. The second kappa shape index (κ2) is 5.48. The molecule has 0 atom stereocenters. The first-order valence-corrected chi connectivity index (χ1v) is 7.46. The van der Waals surface area contributed by atoms with E-state index in [1.807, 2.05) is 4.90 Å². The van der Waals surface area contributed by atoms with Crippen LogP contribution in [0.15, 0.2) is 24.3 Å². The lowest BCUT2D eigenvalue weighted by Crippen LogP contribution is -2.61. The summed E-state index contributed by atoms with van der Waals surface area (Å²) in [5.74, 6) is -0.0156. The Morgan fingerprint density at radius 1 is 1.14 bits per heavy atom. The second-order valence-electron chi connectivity index (χ2n) is 6.17. The molecule has 2 aliphatic rings. The van der Waals surface area contributed by atoms with Gasteiger partial charge in [-0.1, -0.05) is 0 Å². The molecule has 5 heteroatoms. The van der Waals surface area contributed by atoms with Crippen molar-refractivity contribution in [1.29, 1.82) is 0 Å². The summed E-state index contributed by atoms with van der Waals surface area (Å²) < 4.78 is 0. The van der Waals surface area contributed by atoms with Crippen molar-refractivity contribution in [2.75, 3.05) is 31.5 Å². The van der Waals surface area contributed by atoms with E-state index in [1.165, 1.54) is 6.92 Å². The minimum Gasteiger partial charge on any atom is -0.337 e. The van der Waals surface area contributed by atoms with E-state index in [0.29, 0.717) is 11.0 Å². The van der Waals surface area contributed by atoms with E-state index in [1.54, 1.807) is 24.3 Å². The van der Waals surface area contributed by atoms with Crippen LogP contribution >= 0.6 is 0 Å². The Bertz CT molecular complexity index is 539. The van der Waals surface area contributed by atoms with Crippen LogP contribution in [0.1, 0.15) is 30.1 Å². The van der Waals surface area contributed by atoms with Crippen molar-refractivity contribution in [3.05, 3.63) is 29.8 Å². The van der Waals surface area contributed by atoms with Gasteiger partial charge in [-0.3, -0.25) is 9.59 Å². The summed E-state index contributed by atoms with van der Waals surface area (Å²) in [6.45, 7) is 5.35. The fourth-order valence-electron chi connectivity index (χ4n) is 3.26. The van der Waals surface area contributed by atoms with Gasteiger partial charge in [0.2, 0.25) is 5.91 Å². The van der Waals surface area contributed by atoms with E-state index < -0.39 is 0 Å². The van der Waals surface area contributed by atoms with Crippen molar-refractivity contribution in [1.82, 2.24) is 10.2 Å². The zero-order chi connectivity index (χ0) is 14.9. The van der Waals surface area contributed by atoms with Gasteiger partial charge in [0.15, 0.2) is 0 Å². The monoisotopic (exact) mass is 287 g/mol. The zero-order valence-electron chi connectivity index (χ0n) is 12.3. The predicted octanol–water partition coefficient (Wildman–Crippen LogP) is 1.47. The normalized spacial score (nSPS) is 20.0. The molecule has 0 bridgehead atoms. The third-order valence-corrected chi connectivity index (χ3v) is 4.46. The van der Waals surface area contributed by atoms with Crippen molar-refractivity contribution in [3.63, 3.8) is 0 Å². The Balaban J connectivity index is 1.60. The molecular formula is C16H21N3O2. The minimum absolute atomic E-state index is 0.0912. The lowest BCUT2D eigenvalue weighted by atomic mass is 9.72. The molecule has 2 fully saturated rings. The highest BCUT2D eigenvalue weighted by molar-refractivity contribution is 5.96. The van der Waals surface area contributed by atoms with Crippen molar-refractivity contribution in [3.8, 4) is 0 Å². The molecule has 2 aliphatic heterocycles. The molecular weight excluding hydrogens is 266 g/mol. The van der Waals surface area contributed by atoms with Crippen LogP contribution in [0.5, 0.6) is 0 Å². The molecule has 112 valence electrons. The third kappa shape index (κ3) is 2.93. The van der Waals surface area contributed by atoms with E-state index in [-0.39, 0.29) is 11.8 Å². The highest BCUT2D eigenvalue weighted by Gasteiger charge is 2.45. The van der Waals surface area contributed by atoms with E-state index in [0.717, 1.165) is 44.7 Å². The Morgan fingerprint density at radius 2 is 1.76 bits per heavy atom. The first-order chi connectivity index (χ1) is 10.1. The van der Waals surface area contributed by atoms with Gasteiger partial charge < -0.3 is 15.5 Å². The largest absolute Gasteiger partial charge is 0.337 e. The van der Waals surface area contributed by atoms with E-state index in [9.17, 15) is 9.59 Å². The van der Waals surface area contributed by atoms with Gasteiger partial charge in [0, 0.05) is 36.7 Å². The standard InChI is InChI=1S/C16H21N3O2/c1-12(20)18-14-4-2-13(3-5-14)15(21)19-10-16(11-19)6-8-17-9-7-16/h2-5,17H,6-11H2,1H3,(H,18,20). The molecule has 0 saturated carbocycles. The first-order valence-electron chi connectivity index (χ1n) is 7.46. The van der Waals surface area contributed by atoms with Gasteiger partial charge in [-0.2, -0.15) is 0 Å². The van der Waals surface area contributed by atoms with Gasteiger partial charge >= 0.3 is 0 Å². The molecule has 2 saturated heterocycles. The summed E-state index contributed by atoms with van der Waals surface area (Å²) in [7, 11) is 0. The lowest BCUT2D eigenvalue weighted by molar-refractivity contribution is -0.114. The van der Waals surface area contributed by atoms with Crippen LogP contribution in [0.3, 0.4) is 0 Å². The van der Waals surface area contributed by atoms with Gasteiger partial charge in [0.05, 0.1) is 0 Å². The van der Waals surface area contributed by atoms with Gasteiger partial charge in [-0.25, -0.2) is 0 Å². The number of anilines is 1. The quantitative estimate of drug-likeness (QED) is 0.866. The summed E-state index contributed by atoms with van der Waals surface area (Å²) in [4.78, 5) is 25.3. The molecule has 2 N–H and O–H groups in total. The number of rotatable bonds is 2. The molecule has 0 aromatic heterocycles. The molecule has 2 heterocycles. The Kier molecular flexibility index (Phi) is 3.68. The Labute approximate surface area is 124 Å². The molecule has 2 amide bonds. The van der Waals surface area contributed by atoms with Crippen LogP contribution in [-0.4, -0.2) is 42.9 Å². The summed E-state index contributed by atoms with van der Waals surface area (Å²) in [5, 5.41) is 6.07. The minimum atomic E-state index is -0.107. The molecule has 0 radical (unpaired) electrons. The number of nitrogens with zero attached hydrogens (tertiary/aromatic N) is 1. The van der Waals surface area contributed by atoms with E-state index in [4.69, 9.17) is 0 Å². The van der Waals surface area contributed by atoms with E-state index in [2.05, 4.69) is 10.6 Å². The lowest BCUT2D eigenvalue weighted by Gasteiger charge is -2.52. The van der Waals surface area contributed by atoms with Gasteiger partial charge in [0.1, 0.15) is 0 Å². The molecule has 3 rings (SSSR count). The number of nitrogens with one attached hydrogen (secondary N) is 2. The number of hydrogen-bond donors (Lipinski definition) is 2. The molecule has 5 nitrogen and oxygen atoms in total. The highest BCUT2D eigenvalue weighted by Crippen LogP contribution is 2.39. The molecule has 0 unspecified atom stereocenters. The maximum Gasteiger partial charge on any atom is 0.253 e. The number of likely N-dealkylation sites (tertiary alicyclic amines) is 1. The number of amides is 2. The predicted molar refractivity (Wildman–Crippen MR) is 81.2 cm³/mol. The average Bonchev–Trinajstić information content (AvgIpc) is 2.45. The number of benzene rings is 1. The Morgan fingerprint density at radius 3 is 2.33 bits per heavy atom. The highest BCUT2D eigenvalue weighted by atomic mass is 16.2. The van der Waals surface area contributed by atoms with Crippen LogP contribution in [0.25, 0.3) is 0 Å². The summed E-state index contributed by atoms with van der Waals surface area (Å²) >= 11 is 0. The molecule has 0 aliphatic carbocycles. The zero-order valence-corrected chi connectivity index (χ0v) is 12.3. The van der Waals surface area contributed by atoms with Crippen molar-refractivity contribution in [2.24, 2.45) is 5.41 Å². The molecule has 1 spiro atoms. The molecule has 1 aromatic rings. The number of carbonyl (C=O) groups excluding carboxylic acids is 2. The number of hydrogen-bond acceptors (Lipinski definition) is 3. The fourth-order valence-corrected chi connectivity index (χ4v) is 3.26. The van der Waals surface area contributed by atoms with Crippen molar-refractivity contribution < 1.29 is 9.59 Å². The van der Waals surface area contributed by atoms with Crippen LogP contribution in [0, 0.1) is 5.41 Å². The van der Waals surface area contributed by atoms with Crippen molar-refractivity contribution >= 4 is 17.5 Å². The molecule has 1 aromatic carbocycles. The Hall–Kier alpha value is -1.88. The van der Waals surface area contributed by atoms with Gasteiger partial charge in [-0.05, 0) is 50.2 Å². The number of carbonyl (C=O) groups is 2. The van der Waals surface area contributed by atoms with Crippen LogP contribution in [0.4, 0.5) is 5.69 Å². The van der Waals surface area contributed by atoms with E-state index >= 15 is 0 Å². The smallest absolute Gasteiger partial charge is 0.253 e. The van der Waals surface area contributed by atoms with Crippen LogP contribution in [-0.2, 0) is 4.79 Å². The van der Waals surface area contributed by atoms with Crippen molar-refractivity contribution in [2.45, 2.75) is 19.8 Å². The summed E-state index contributed by atoms with van der Waals surface area (Å²) in [6, 6.07) is 7.10. The molecule has 21 heavy (non-hydrogen) atoms. The average molecular weight is 287 g/mol. The van der Waals surface area contributed by atoms with Crippen LogP contribution in [0.2, 0.25) is 0 Å². The fraction of sp³-hybridized carbons (Fsp3) is 0.500. The second-order valence-corrected chi connectivity index (χ2v) is 6.17. The van der Waals surface area contributed by atoms with Gasteiger partial charge in [-0.15, -0.1) is 0 Å². The summed E-state index contributed by atoms with van der Waals surface area (Å²) in [6.07, 6.45) is 2.33. The maximum atomic E-state index is 12.4. The number of piperidine rings is 1.